The van der Waals surface area contributed by atoms with Gasteiger partial charge in [-0.2, -0.15) is 8.78 Å². The number of carbonyl (C=O) groups excluding carboxylic acids is 1. The minimum absolute atomic E-state index is 0.0398. The summed E-state index contributed by atoms with van der Waals surface area (Å²) in [7, 11) is 0. The first kappa shape index (κ1) is 24.3. The molecule has 9 heteroatoms. The molecule has 1 atom stereocenters. The summed E-state index contributed by atoms with van der Waals surface area (Å²) in [6, 6.07) is 23.8. The molecule has 0 unspecified atom stereocenters. The maximum atomic E-state index is 13.7. The molecule has 0 saturated heterocycles. The summed E-state index contributed by atoms with van der Waals surface area (Å²) in [4.78, 5) is 32.2. The summed E-state index contributed by atoms with van der Waals surface area (Å²) >= 11 is 1.12. The molecule has 4 aromatic rings. The third-order valence-electron chi connectivity index (χ3n) is 5.83. The van der Waals surface area contributed by atoms with Crippen molar-refractivity contribution in [3.63, 3.8) is 0 Å². The number of halogens is 2. The van der Waals surface area contributed by atoms with E-state index in [2.05, 4.69) is 15.0 Å². The Morgan fingerprint density at radius 2 is 1.68 bits per heavy atom. The maximum absolute atomic E-state index is 13.7. The van der Waals surface area contributed by atoms with E-state index in [4.69, 9.17) is 0 Å². The van der Waals surface area contributed by atoms with Crippen LogP contribution in [0.25, 0.3) is 6.08 Å². The zero-order valence-corrected chi connectivity index (χ0v) is 20.4. The minimum Gasteiger partial charge on any atom is -0.434 e. The van der Waals surface area contributed by atoms with Gasteiger partial charge in [0, 0.05) is 11.3 Å². The molecule has 5 rings (SSSR count). The molecule has 37 heavy (non-hydrogen) atoms. The summed E-state index contributed by atoms with van der Waals surface area (Å²) in [5, 5.41) is 2.90. The van der Waals surface area contributed by atoms with Crippen LogP contribution in [-0.2, 0) is 4.79 Å². The first-order valence-corrected chi connectivity index (χ1v) is 12.2. The van der Waals surface area contributed by atoms with Crippen molar-refractivity contribution in [1.82, 2.24) is 4.57 Å². The zero-order chi connectivity index (χ0) is 25.9. The molecule has 1 aliphatic heterocycles. The van der Waals surface area contributed by atoms with Gasteiger partial charge < -0.3 is 10.1 Å². The number of anilines is 1. The molecular formula is C28H21F2N3O3S. The lowest BCUT2D eigenvalue weighted by Gasteiger charge is -2.25. The topological polar surface area (TPSA) is 72.7 Å². The van der Waals surface area contributed by atoms with Crippen LogP contribution in [0.2, 0.25) is 0 Å². The number of nitrogens with zero attached hydrogens (tertiary/aromatic N) is 2. The first-order chi connectivity index (χ1) is 17.9. The molecule has 2 heterocycles. The average molecular weight is 518 g/mol. The van der Waals surface area contributed by atoms with Crippen LogP contribution < -0.4 is 24.9 Å². The van der Waals surface area contributed by atoms with E-state index in [0.29, 0.717) is 27.3 Å². The predicted octanol–water partition coefficient (Wildman–Crippen LogP) is 4.48. The minimum atomic E-state index is -3.00. The quantitative estimate of drug-likeness (QED) is 0.410. The van der Waals surface area contributed by atoms with Gasteiger partial charge in [-0.25, -0.2) is 4.99 Å². The van der Waals surface area contributed by atoms with Crippen LogP contribution in [0, 0.1) is 0 Å². The normalized spacial score (nSPS) is 15.4. The molecule has 1 aromatic heterocycles. The second-order valence-electron chi connectivity index (χ2n) is 8.23. The van der Waals surface area contributed by atoms with Crippen molar-refractivity contribution in [2.75, 3.05) is 5.32 Å². The number of amides is 1. The van der Waals surface area contributed by atoms with Crippen molar-refractivity contribution >= 4 is 29.0 Å². The van der Waals surface area contributed by atoms with Crippen molar-refractivity contribution in [3.8, 4) is 5.75 Å². The van der Waals surface area contributed by atoms with Crippen LogP contribution in [0.4, 0.5) is 14.5 Å². The number of para-hydroxylation sites is 2. The molecule has 0 bridgehead atoms. The second-order valence-corrected chi connectivity index (χ2v) is 9.24. The number of allylic oxidation sites excluding steroid dienone is 1. The fourth-order valence-corrected chi connectivity index (χ4v) is 5.26. The van der Waals surface area contributed by atoms with Gasteiger partial charge >= 0.3 is 6.61 Å². The Bertz CT molecular complexity index is 1660. The Morgan fingerprint density at radius 3 is 2.38 bits per heavy atom. The Balaban J connectivity index is 1.66. The van der Waals surface area contributed by atoms with Crippen molar-refractivity contribution in [1.29, 1.82) is 0 Å². The molecule has 1 N–H and O–H groups in total. The van der Waals surface area contributed by atoms with Crippen LogP contribution in [0.1, 0.15) is 24.1 Å². The number of carbonyl (C=O) groups is 1. The Kier molecular flexibility index (Phi) is 6.78. The smallest absolute Gasteiger partial charge is 0.387 e. The third kappa shape index (κ3) is 4.99. The Labute approximate surface area is 214 Å². The molecule has 1 amide bonds. The molecule has 3 aromatic carbocycles. The van der Waals surface area contributed by atoms with Gasteiger partial charge in [0.05, 0.1) is 21.8 Å². The predicted molar refractivity (Wildman–Crippen MR) is 138 cm³/mol. The van der Waals surface area contributed by atoms with Crippen LogP contribution in [-0.4, -0.2) is 17.1 Å². The highest BCUT2D eigenvalue weighted by atomic mass is 32.1. The number of alkyl halides is 2. The van der Waals surface area contributed by atoms with Gasteiger partial charge in [0.2, 0.25) is 0 Å². The van der Waals surface area contributed by atoms with Gasteiger partial charge in [0.15, 0.2) is 4.80 Å². The molecule has 186 valence electrons. The van der Waals surface area contributed by atoms with Gasteiger partial charge in [0.25, 0.3) is 11.5 Å². The van der Waals surface area contributed by atoms with Gasteiger partial charge in [-0.1, -0.05) is 78.1 Å². The van der Waals surface area contributed by atoms with Gasteiger partial charge in [-0.15, -0.1) is 0 Å². The number of fused-ring (bicyclic) bond motifs is 1. The number of ether oxygens (including phenoxy) is 1. The molecule has 0 radical (unpaired) electrons. The number of benzene rings is 3. The highest BCUT2D eigenvalue weighted by molar-refractivity contribution is 7.07. The second kappa shape index (κ2) is 10.3. The molecule has 0 saturated carbocycles. The van der Waals surface area contributed by atoms with Gasteiger partial charge in [-0.05, 0) is 36.8 Å². The number of hydrogen-bond acceptors (Lipinski definition) is 5. The van der Waals surface area contributed by atoms with Gasteiger partial charge in [-0.3, -0.25) is 14.2 Å². The van der Waals surface area contributed by atoms with Gasteiger partial charge in [0.1, 0.15) is 5.75 Å². The van der Waals surface area contributed by atoms with Crippen molar-refractivity contribution in [3.05, 3.63) is 127 Å². The number of rotatable bonds is 6. The summed E-state index contributed by atoms with van der Waals surface area (Å²) in [6.07, 6.45) is 1.51. The monoisotopic (exact) mass is 517 g/mol. The molecule has 6 nitrogen and oxygen atoms in total. The lowest BCUT2D eigenvalue weighted by atomic mass is 9.95. The van der Waals surface area contributed by atoms with Crippen LogP contribution in [0.15, 0.2) is 106 Å². The van der Waals surface area contributed by atoms with E-state index < -0.39 is 12.7 Å². The summed E-state index contributed by atoms with van der Waals surface area (Å²) in [5.74, 6) is -0.409. The zero-order valence-electron chi connectivity index (χ0n) is 19.6. The number of nitrogens with one attached hydrogen (secondary N) is 1. The molecule has 0 aliphatic carbocycles. The largest absolute Gasteiger partial charge is 0.434 e. The Morgan fingerprint density at radius 1 is 1.03 bits per heavy atom. The molecule has 0 spiro atoms. The van der Waals surface area contributed by atoms with E-state index in [1.165, 1.54) is 16.7 Å². The van der Waals surface area contributed by atoms with Crippen molar-refractivity contribution in [2.45, 2.75) is 19.6 Å². The van der Waals surface area contributed by atoms with E-state index in [1.807, 2.05) is 48.5 Å². The number of thiazole rings is 1. The summed E-state index contributed by atoms with van der Waals surface area (Å²) in [6.45, 7) is -1.26. The maximum Gasteiger partial charge on any atom is 0.387 e. The average Bonchev–Trinajstić information content (AvgIpc) is 3.19. The SMILES string of the molecule is CC1=C(C(=O)Nc2ccccc2)[C@@H](c2ccccc2)n2c(s/c(=C/c3ccccc3OC(F)F)c2=O)=N1. The fourth-order valence-electron chi connectivity index (χ4n) is 4.23. The van der Waals surface area contributed by atoms with E-state index in [-0.39, 0.29) is 21.7 Å². The lowest BCUT2D eigenvalue weighted by Crippen LogP contribution is -2.40. The van der Waals surface area contributed by atoms with Crippen LogP contribution in [0.5, 0.6) is 5.75 Å². The van der Waals surface area contributed by atoms with E-state index in [1.54, 1.807) is 37.3 Å². The highest BCUT2D eigenvalue weighted by Crippen LogP contribution is 2.30. The van der Waals surface area contributed by atoms with Crippen LogP contribution >= 0.6 is 11.3 Å². The van der Waals surface area contributed by atoms with Crippen molar-refractivity contribution in [2.24, 2.45) is 4.99 Å². The van der Waals surface area contributed by atoms with Crippen LogP contribution in [0.3, 0.4) is 0 Å². The first-order valence-electron chi connectivity index (χ1n) is 11.4. The number of aromatic nitrogens is 1. The molecule has 0 fully saturated rings. The number of hydrogen-bond donors (Lipinski definition) is 1. The van der Waals surface area contributed by atoms with E-state index in [9.17, 15) is 18.4 Å². The summed E-state index contributed by atoms with van der Waals surface area (Å²) in [5.41, 5.74) is 2.13. The standard InChI is InChI=1S/C28H21F2N3O3S/c1-17-23(25(34)32-20-13-6-3-7-14-20)24(18-10-4-2-5-11-18)33-26(35)22(37-28(33)31-17)16-19-12-8-9-15-21(19)36-27(29)30/h2-16,24,27H,1H3,(H,32,34)/b22-16+/t24-/m1/s1. The Hall–Kier alpha value is -4.37. The fraction of sp³-hybridized carbons (Fsp3) is 0.107. The molecule has 1 aliphatic rings. The van der Waals surface area contributed by atoms with Crippen molar-refractivity contribution < 1.29 is 18.3 Å². The highest BCUT2D eigenvalue weighted by Gasteiger charge is 2.32. The third-order valence-corrected chi connectivity index (χ3v) is 6.82. The lowest BCUT2D eigenvalue weighted by molar-refractivity contribution is -0.113. The van der Waals surface area contributed by atoms with E-state index >= 15 is 0 Å². The molecular weight excluding hydrogens is 496 g/mol. The van der Waals surface area contributed by atoms with E-state index in [0.717, 1.165) is 16.9 Å². The summed E-state index contributed by atoms with van der Waals surface area (Å²) < 4.78 is 32.2.